The van der Waals surface area contributed by atoms with Crippen molar-refractivity contribution in [3.8, 4) is 11.4 Å². The van der Waals surface area contributed by atoms with Gasteiger partial charge in [-0.25, -0.2) is 14.8 Å². The Morgan fingerprint density at radius 2 is 1.91 bits per heavy atom. The van der Waals surface area contributed by atoms with Gasteiger partial charge in [-0.3, -0.25) is 0 Å². The number of esters is 1. The van der Waals surface area contributed by atoms with E-state index in [1.54, 1.807) is 26.0 Å². The molecular weight excluding hydrogens is 314 g/mol. The Hall–Kier alpha value is -2.14. The zero-order chi connectivity index (χ0) is 17.0. The number of rotatable bonds is 5. The lowest BCUT2D eigenvalue weighted by Gasteiger charge is -2.16. The minimum absolute atomic E-state index is 0.121. The summed E-state index contributed by atoms with van der Waals surface area (Å²) in [7, 11) is 0. The van der Waals surface area contributed by atoms with Crippen LogP contribution in [0.15, 0.2) is 24.3 Å². The quantitative estimate of drug-likeness (QED) is 0.834. The number of ether oxygens (including phenoxy) is 1. The van der Waals surface area contributed by atoms with Gasteiger partial charge in [0, 0.05) is 16.6 Å². The van der Waals surface area contributed by atoms with E-state index in [0.717, 1.165) is 5.56 Å². The summed E-state index contributed by atoms with van der Waals surface area (Å²) < 4.78 is 5.12. The van der Waals surface area contributed by atoms with Gasteiger partial charge in [-0.2, -0.15) is 0 Å². The summed E-state index contributed by atoms with van der Waals surface area (Å²) in [4.78, 5) is 21.2. The summed E-state index contributed by atoms with van der Waals surface area (Å²) in [5.41, 5.74) is 1.78. The third-order valence-electron chi connectivity index (χ3n) is 3.10. The molecule has 0 aliphatic heterocycles. The van der Waals surface area contributed by atoms with Crippen LogP contribution in [-0.2, 0) is 4.74 Å². The summed E-state index contributed by atoms with van der Waals surface area (Å²) in [6.07, 6.45) is 0. The van der Waals surface area contributed by atoms with Crippen LogP contribution in [0.25, 0.3) is 11.4 Å². The molecule has 1 aromatic heterocycles. The number of anilines is 1. The summed E-state index contributed by atoms with van der Waals surface area (Å²) in [6.45, 7) is 7.81. The van der Waals surface area contributed by atoms with E-state index in [0.29, 0.717) is 34.5 Å². The maximum absolute atomic E-state index is 12.2. The molecule has 0 aliphatic rings. The van der Waals surface area contributed by atoms with E-state index in [1.807, 2.05) is 26.0 Å². The number of carbonyl (C=O) groups is 1. The Labute approximate surface area is 141 Å². The van der Waals surface area contributed by atoms with Gasteiger partial charge in [0.05, 0.1) is 12.3 Å². The number of halogens is 1. The standard InChI is InChI=1S/C17H20ClN3O2/c1-5-23-17(22)14-11(4)20-15(21-16(14)19-10(2)3)12-6-8-13(18)9-7-12/h6-10H,5H2,1-4H3,(H,19,20,21). The molecule has 6 heteroatoms. The molecule has 1 heterocycles. The minimum atomic E-state index is -0.421. The van der Waals surface area contributed by atoms with Crippen LogP contribution in [0.2, 0.25) is 5.02 Å². The highest BCUT2D eigenvalue weighted by Crippen LogP contribution is 2.24. The SMILES string of the molecule is CCOC(=O)c1c(C)nc(-c2ccc(Cl)cc2)nc1NC(C)C. The van der Waals surface area contributed by atoms with Gasteiger partial charge in [-0.15, -0.1) is 0 Å². The van der Waals surface area contributed by atoms with Crippen LogP contribution in [0.4, 0.5) is 5.82 Å². The number of aryl methyl sites for hydroxylation is 1. The zero-order valence-corrected chi connectivity index (χ0v) is 14.4. The minimum Gasteiger partial charge on any atom is -0.462 e. The molecule has 0 unspecified atom stereocenters. The number of carbonyl (C=O) groups excluding carboxylic acids is 1. The highest BCUT2D eigenvalue weighted by Gasteiger charge is 2.21. The van der Waals surface area contributed by atoms with Crippen molar-refractivity contribution in [1.29, 1.82) is 0 Å². The van der Waals surface area contributed by atoms with E-state index >= 15 is 0 Å². The lowest BCUT2D eigenvalue weighted by molar-refractivity contribution is 0.0525. The molecular formula is C17H20ClN3O2. The molecule has 2 aromatic rings. The van der Waals surface area contributed by atoms with Crippen molar-refractivity contribution in [2.75, 3.05) is 11.9 Å². The molecule has 2 rings (SSSR count). The summed E-state index contributed by atoms with van der Waals surface area (Å²) in [6, 6.07) is 7.38. The Bertz CT molecular complexity index is 700. The topological polar surface area (TPSA) is 64.1 Å². The highest BCUT2D eigenvalue weighted by molar-refractivity contribution is 6.30. The van der Waals surface area contributed by atoms with Crippen molar-refractivity contribution in [1.82, 2.24) is 9.97 Å². The van der Waals surface area contributed by atoms with Crippen molar-refractivity contribution < 1.29 is 9.53 Å². The lowest BCUT2D eigenvalue weighted by atomic mass is 10.1. The predicted molar refractivity (Wildman–Crippen MR) is 91.9 cm³/mol. The van der Waals surface area contributed by atoms with Crippen LogP contribution >= 0.6 is 11.6 Å². The second kappa shape index (κ2) is 7.42. The van der Waals surface area contributed by atoms with E-state index < -0.39 is 5.97 Å². The van der Waals surface area contributed by atoms with E-state index in [9.17, 15) is 4.79 Å². The smallest absolute Gasteiger partial charge is 0.343 e. The van der Waals surface area contributed by atoms with Gasteiger partial charge in [0.2, 0.25) is 0 Å². The van der Waals surface area contributed by atoms with Crippen LogP contribution in [0.1, 0.15) is 36.8 Å². The maximum Gasteiger partial charge on any atom is 0.343 e. The molecule has 1 aromatic carbocycles. The number of nitrogens with one attached hydrogen (secondary N) is 1. The first kappa shape index (κ1) is 17.2. The van der Waals surface area contributed by atoms with Crippen LogP contribution in [0.5, 0.6) is 0 Å². The number of hydrogen-bond donors (Lipinski definition) is 1. The van der Waals surface area contributed by atoms with Gasteiger partial charge in [0.1, 0.15) is 11.4 Å². The molecule has 1 N–H and O–H groups in total. The lowest BCUT2D eigenvalue weighted by Crippen LogP contribution is -2.19. The monoisotopic (exact) mass is 333 g/mol. The summed E-state index contributed by atoms with van der Waals surface area (Å²) in [5, 5.41) is 3.84. The number of hydrogen-bond acceptors (Lipinski definition) is 5. The first-order valence-electron chi connectivity index (χ1n) is 7.50. The Morgan fingerprint density at radius 3 is 2.48 bits per heavy atom. The number of nitrogens with zero attached hydrogens (tertiary/aromatic N) is 2. The second-order valence-corrected chi connectivity index (χ2v) is 5.82. The van der Waals surface area contributed by atoms with Crippen molar-refractivity contribution in [3.63, 3.8) is 0 Å². The molecule has 0 aliphatic carbocycles. The van der Waals surface area contributed by atoms with Gasteiger partial charge < -0.3 is 10.1 Å². The fourth-order valence-corrected chi connectivity index (χ4v) is 2.25. The normalized spacial score (nSPS) is 10.7. The second-order valence-electron chi connectivity index (χ2n) is 5.38. The van der Waals surface area contributed by atoms with Crippen LogP contribution in [0, 0.1) is 6.92 Å². The largest absolute Gasteiger partial charge is 0.462 e. The van der Waals surface area contributed by atoms with Crippen molar-refractivity contribution in [2.45, 2.75) is 33.7 Å². The third kappa shape index (κ3) is 4.20. The van der Waals surface area contributed by atoms with E-state index in [4.69, 9.17) is 16.3 Å². The average molecular weight is 334 g/mol. The van der Waals surface area contributed by atoms with E-state index in [2.05, 4.69) is 15.3 Å². The van der Waals surface area contributed by atoms with Crippen LogP contribution in [0.3, 0.4) is 0 Å². The fraction of sp³-hybridized carbons (Fsp3) is 0.353. The number of benzene rings is 1. The molecule has 23 heavy (non-hydrogen) atoms. The molecule has 0 fully saturated rings. The molecule has 0 spiro atoms. The Kier molecular flexibility index (Phi) is 5.55. The Balaban J connectivity index is 2.53. The van der Waals surface area contributed by atoms with E-state index in [1.165, 1.54) is 0 Å². The molecule has 0 saturated carbocycles. The molecule has 0 bridgehead atoms. The molecule has 5 nitrogen and oxygen atoms in total. The summed E-state index contributed by atoms with van der Waals surface area (Å²) in [5.74, 6) is 0.599. The third-order valence-corrected chi connectivity index (χ3v) is 3.35. The van der Waals surface area contributed by atoms with Crippen molar-refractivity contribution in [3.05, 3.63) is 40.5 Å². The van der Waals surface area contributed by atoms with E-state index in [-0.39, 0.29) is 6.04 Å². The molecule has 0 amide bonds. The molecule has 0 saturated heterocycles. The van der Waals surface area contributed by atoms with Crippen LogP contribution in [-0.4, -0.2) is 28.6 Å². The number of aromatic nitrogens is 2. The maximum atomic E-state index is 12.2. The first-order chi connectivity index (χ1) is 10.9. The average Bonchev–Trinajstić information content (AvgIpc) is 2.47. The molecule has 122 valence electrons. The zero-order valence-electron chi connectivity index (χ0n) is 13.7. The van der Waals surface area contributed by atoms with Crippen molar-refractivity contribution >= 4 is 23.4 Å². The molecule has 0 radical (unpaired) electrons. The van der Waals surface area contributed by atoms with Gasteiger partial charge in [0.25, 0.3) is 0 Å². The summed E-state index contributed by atoms with van der Waals surface area (Å²) >= 11 is 5.92. The van der Waals surface area contributed by atoms with Gasteiger partial charge in [0.15, 0.2) is 5.82 Å². The van der Waals surface area contributed by atoms with Crippen LogP contribution < -0.4 is 5.32 Å². The van der Waals surface area contributed by atoms with Crippen molar-refractivity contribution in [2.24, 2.45) is 0 Å². The Morgan fingerprint density at radius 1 is 1.26 bits per heavy atom. The van der Waals surface area contributed by atoms with Gasteiger partial charge >= 0.3 is 5.97 Å². The first-order valence-corrected chi connectivity index (χ1v) is 7.88. The van der Waals surface area contributed by atoms with Gasteiger partial charge in [-0.05, 0) is 52.0 Å². The molecule has 0 atom stereocenters. The van der Waals surface area contributed by atoms with Gasteiger partial charge in [-0.1, -0.05) is 11.6 Å². The highest BCUT2D eigenvalue weighted by atomic mass is 35.5. The fourth-order valence-electron chi connectivity index (χ4n) is 2.13. The predicted octanol–water partition coefficient (Wildman–Crippen LogP) is 4.10.